The number of amides is 1. The molecule has 1 aliphatic rings. The van der Waals surface area contributed by atoms with Crippen LogP contribution in [0.4, 0.5) is 0 Å². The lowest BCUT2D eigenvalue weighted by molar-refractivity contribution is -0.135. The van der Waals surface area contributed by atoms with E-state index in [0.29, 0.717) is 29.8 Å². The van der Waals surface area contributed by atoms with Gasteiger partial charge in [-0.2, -0.15) is 0 Å². The van der Waals surface area contributed by atoms with Crippen LogP contribution in [0, 0.1) is 5.92 Å². The van der Waals surface area contributed by atoms with Gasteiger partial charge in [-0.15, -0.1) is 0 Å². The van der Waals surface area contributed by atoms with Gasteiger partial charge in [0.1, 0.15) is 17.1 Å². The summed E-state index contributed by atoms with van der Waals surface area (Å²) in [6.45, 7) is 3.11. The van der Waals surface area contributed by atoms with Crippen LogP contribution in [-0.2, 0) is 9.53 Å². The third kappa shape index (κ3) is 3.52. The number of carbonyl (C=O) groups is 2. The quantitative estimate of drug-likeness (QED) is 0.661. The second-order valence-electron chi connectivity index (χ2n) is 6.48. The lowest BCUT2D eigenvalue weighted by Crippen LogP contribution is -2.40. The molecule has 1 heterocycles. The number of piperidine rings is 1. The van der Waals surface area contributed by atoms with Crippen molar-refractivity contribution in [2.75, 3.05) is 19.7 Å². The number of phenolic OH excluding ortho intramolecular Hbond substituents is 2. The van der Waals surface area contributed by atoms with Crippen LogP contribution in [0.15, 0.2) is 30.3 Å². The lowest BCUT2D eigenvalue weighted by Gasteiger charge is -2.30. The molecule has 0 spiro atoms. The molecule has 1 aliphatic heterocycles. The number of hydrogen-bond donors (Lipinski definition) is 2. The van der Waals surface area contributed by atoms with Crippen LogP contribution in [-0.4, -0.2) is 46.7 Å². The van der Waals surface area contributed by atoms with Gasteiger partial charge in [-0.25, -0.2) is 4.79 Å². The number of rotatable bonds is 3. The molecular formula is C19H21NO5. The minimum atomic E-state index is -0.836. The Hall–Kier alpha value is -2.76. The standard InChI is InChI=1S/C19H21NO5/c1-12-6-8-20(9-7-12)17(22)11-25-19(24)15-10-16(21)13-4-2-3-5-14(13)18(15)23/h2-5,10,12,21,23H,6-9,11H2,1H3. The average molecular weight is 343 g/mol. The molecule has 0 bridgehead atoms. The van der Waals surface area contributed by atoms with Crippen molar-refractivity contribution in [1.29, 1.82) is 0 Å². The van der Waals surface area contributed by atoms with Gasteiger partial charge in [0.2, 0.25) is 0 Å². The zero-order valence-electron chi connectivity index (χ0n) is 14.1. The number of aromatic hydroxyl groups is 2. The first-order chi connectivity index (χ1) is 12.0. The summed E-state index contributed by atoms with van der Waals surface area (Å²) in [4.78, 5) is 26.1. The van der Waals surface area contributed by atoms with Crippen LogP contribution in [0.5, 0.6) is 11.5 Å². The summed E-state index contributed by atoms with van der Waals surface area (Å²) >= 11 is 0. The fourth-order valence-electron chi connectivity index (χ4n) is 3.05. The number of phenols is 2. The van der Waals surface area contributed by atoms with E-state index in [1.165, 1.54) is 0 Å². The molecule has 132 valence electrons. The Bertz CT molecular complexity index is 809. The Morgan fingerprint density at radius 2 is 1.80 bits per heavy atom. The number of fused-ring (bicyclic) bond motifs is 1. The summed E-state index contributed by atoms with van der Waals surface area (Å²) in [6.07, 6.45) is 1.89. The molecule has 2 aromatic rings. The van der Waals surface area contributed by atoms with E-state index in [1.807, 2.05) is 0 Å². The van der Waals surface area contributed by atoms with Crippen LogP contribution < -0.4 is 0 Å². The molecule has 0 aliphatic carbocycles. The van der Waals surface area contributed by atoms with Crippen LogP contribution in [0.25, 0.3) is 10.8 Å². The molecule has 1 amide bonds. The van der Waals surface area contributed by atoms with Crippen molar-refractivity contribution in [2.45, 2.75) is 19.8 Å². The first kappa shape index (κ1) is 17.1. The highest BCUT2D eigenvalue weighted by Crippen LogP contribution is 2.35. The summed E-state index contributed by atoms with van der Waals surface area (Å²) in [5.74, 6) is -0.875. The van der Waals surface area contributed by atoms with Crippen LogP contribution in [0.2, 0.25) is 0 Å². The number of hydrogen-bond acceptors (Lipinski definition) is 5. The Labute approximate surface area is 145 Å². The maximum atomic E-state index is 12.2. The van der Waals surface area contributed by atoms with Gasteiger partial charge in [0.15, 0.2) is 6.61 Å². The Morgan fingerprint density at radius 3 is 2.48 bits per heavy atom. The van der Waals surface area contributed by atoms with Gasteiger partial charge in [0.05, 0.1) is 0 Å². The summed E-state index contributed by atoms with van der Waals surface area (Å²) in [7, 11) is 0. The highest BCUT2D eigenvalue weighted by molar-refractivity contribution is 6.04. The van der Waals surface area contributed by atoms with Crippen LogP contribution >= 0.6 is 0 Å². The summed E-state index contributed by atoms with van der Waals surface area (Å²) < 4.78 is 5.05. The molecule has 0 atom stereocenters. The van der Waals surface area contributed by atoms with Crippen molar-refractivity contribution in [1.82, 2.24) is 4.90 Å². The molecule has 3 rings (SSSR count). The lowest BCUT2D eigenvalue weighted by atomic mass is 9.99. The number of benzene rings is 2. The highest BCUT2D eigenvalue weighted by atomic mass is 16.5. The number of likely N-dealkylation sites (tertiary alicyclic amines) is 1. The molecule has 2 aromatic carbocycles. The number of nitrogens with zero attached hydrogens (tertiary/aromatic N) is 1. The van der Waals surface area contributed by atoms with Crippen molar-refractivity contribution in [2.24, 2.45) is 5.92 Å². The van der Waals surface area contributed by atoms with E-state index in [-0.39, 0.29) is 29.6 Å². The molecular weight excluding hydrogens is 322 g/mol. The largest absolute Gasteiger partial charge is 0.507 e. The second kappa shape index (κ2) is 7.01. The average Bonchev–Trinajstić information content (AvgIpc) is 2.63. The molecule has 0 saturated carbocycles. The minimum Gasteiger partial charge on any atom is -0.507 e. The number of carbonyl (C=O) groups excluding carboxylic acids is 2. The molecule has 1 saturated heterocycles. The van der Waals surface area contributed by atoms with E-state index >= 15 is 0 Å². The summed E-state index contributed by atoms with van der Waals surface area (Å²) in [5, 5.41) is 21.1. The second-order valence-corrected chi connectivity index (χ2v) is 6.48. The molecule has 6 heteroatoms. The third-order valence-electron chi connectivity index (χ3n) is 4.68. The van der Waals surface area contributed by atoms with Gasteiger partial charge in [0, 0.05) is 23.9 Å². The van der Waals surface area contributed by atoms with Crippen LogP contribution in [0.3, 0.4) is 0 Å². The molecule has 1 fully saturated rings. The SMILES string of the molecule is CC1CCN(C(=O)COC(=O)c2cc(O)c3ccccc3c2O)CC1. The van der Waals surface area contributed by atoms with Gasteiger partial charge >= 0.3 is 5.97 Å². The normalized spacial score (nSPS) is 15.3. The zero-order chi connectivity index (χ0) is 18.0. The van der Waals surface area contributed by atoms with E-state index in [0.717, 1.165) is 18.9 Å². The smallest absolute Gasteiger partial charge is 0.342 e. The van der Waals surface area contributed by atoms with Gasteiger partial charge in [0.25, 0.3) is 5.91 Å². The third-order valence-corrected chi connectivity index (χ3v) is 4.68. The Kier molecular flexibility index (Phi) is 4.79. The zero-order valence-corrected chi connectivity index (χ0v) is 14.1. The fraction of sp³-hybridized carbons (Fsp3) is 0.368. The number of esters is 1. The fourth-order valence-corrected chi connectivity index (χ4v) is 3.05. The van der Waals surface area contributed by atoms with Gasteiger partial charge < -0.3 is 19.8 Å². The molecule has 25 heavy (non-hydrogen) atoms. The molecule has 0 unspecified atom stereocenters. The predicted molar refractivity (Wildman–Crippen MR) is 92.5 cm³/mol. The molecule has 0 aromatic heterocycles. The Balaban J connectivity index is 1.70. The van der Waals surface area contributed by atoms with Crippen molar-refractivity contribution in [3.8, 4) is 11.5 Å². The van der Waals surface area contributed by atoms with Gasteiger partial charge in [-0.05, 0) is 24.8 Å². The minimum absolute atomic E-state index is 0.128. The first-order valence-electron chi connectivity index (χ1n) is 8.36. The predicted octanol–water partition coefficient (Wildman–Crippen LogP) is 2.67. The summed E-state index contributed by atoms with van der Waals surface area (Å²) in [5.41, 5.74) is -0.156. The Morgan fingerprint density at radius 1 is 1.16 bits per heavy atom. The van der Waals surface area contributed by atoms with E-state index in [2.05, 4.69) is 6.92 Å². The first-order valence-corrected chi connectivity index (χ1v) is 8.36. The van der Waals surface area contributed by atoms with Crippen molar-refractivity contribution in [3.05, 3.63) is 35.9 Å². The van der Waals surface area contributed by atoms with Crippen LogP contribution in [0.1, 0.15) is 30.1 Å². The topological polar surface area (TPSA) is 87.1 Å². The molecule has 2 N–H and O–H groups in total. The van der Waals surface area contributed by atoms with Gasteiger partial charge in [-0.3, -0.25) is 4.79 Å². The molecule has 0 radical (unpaired) electrons. The highest BCUT2D eigenvalue weighted by Gasteiger charge is 2.23. The maximum absolute atomic E-state index is 12.2. The molecule has 6 nitrogen and oxygen atoms in total. The van der Waals surface area contributed by atoms with E-state index in [9.17, 15) is 19.8 Å². The van der Waals surface area contributed by atoms with Crippen molar-refractivity contribution < 1.29 is 24.5 Å². The van der Waals surface area contributed by atoms with E-state index < -0.39 is 5.97 Å². The van der Waals surface area contributed by atoms with Gasteiger partial charge in [-0.1, -0.05) is 31.2 Å². The van der Waals surface area contributed by atoms with Crippen molar-refractivity contribution in [3.63, 3.8) is 0 Å². The monoisotopic (exact) mass is 343 g/mol. The van der Waals surface area contributed by atoms with E-state index in [1.54, 1.807) is 29.2 Å². The number of ether oxygens (including phenoxy) is 1. The summed E-state index contributed by atoms with van der Waals surface area (Å²) in [6, 6.07) is 7.81. The van der Waals surface area contributed by atoms with Crippen molar-refractivity contribution >= 4 is 22.6 Å². The maximum Gasteiger partial charge on any atom is 0.342 e. The van der Waals surface area contributed by atoms with E-state index in [4.69, 9.17) is 4.74 Å².